The topological polar surface area (TPSA) is 82.3 Å². The molecule has 0 aliphatic carbocycles. The lowest BCUT2D eigenvalue weighted by Crippen LogP contribution is -2.29. The molecule has 0 fully saturated rings. The van der Waals surface area contributed by atoms with E-state index in [2.05, 4.69) is 5.32 Å². The Kier molecular flexibility index (Phi) is 6.06. The molecule has 1 N–H and O–H groups in total. The fourth-order valence-electron chi connectivity index (χ4n) is 3.01. The number of esters is 1. The normalized spacial score (nSPS) is 10.9. The number of anilines is 1. The molecular weight excluding hydrogens is 384 g/mol. The maximum absolute atomic E-state index is 13.1. The number of fused-ring (bicyclic) bond motifs is 1. The second kappa shape index (κ2) is 8.68. The van der Waals surface area contributed by atoms with Crippen molar-refractivity contribution < 1.29 is 23.1 Å². The number of aryl methyl sites for hydroxylation is 1. The molecular formula is C20H19F2N3O4. The second-order valence-corrected chi connectivity index (χ2v) is 6.38. The van der Waals surface area contributed by atoms with Crippen LogP contribution >= 0.6 is 0 Å². The van der Waals surface area contributed by atoms with Gasteiger partial charge in [-0.3, -0.25) is 18.7 Å². The molecule has 0 radical (unpaired) electrons. The van der Waals surface area contributed by atoms with Crippen LogP contribution < -0.4 is 11.0 Å². The summed E-state index contributed by atoms with van der Waals surface area (Å²) in [7, 11) is 0. The van der Waals surface area contributed by atoms with Crippen molar-refractivity contribution in [3.63, 3.8) is 0 Å². The first-order valence-electron chi connectivity index (χ1n) is 8.98. The first-order valence-corrected chi connectivity index (χ1v) is 8.98. The summed E-state index contributed by atoms with van der Waals surface area (Å²) in [4.78, 5) is 36.6. The summed E-state index contributed by atoms with van der Waals surface area (Å²) < 4.78 is 34.1. The molecule has 1 aromatic heterocycles. The van der Waals surface area contributed by atoms with Crippen LogP contribution in [0.25, 0.3) is 11.0 Å². The zero-order valence-electron chi connectivity index (χ0n) is 15.7. The van der Waals surface area contributed by atoms with Gasteiger partial charge in [-0.25, -0.2) is 13.6 Å². The van der Waals surface area contributed by atoms with Gasteiger partial charge in [0.2, 0.25) is 0 Å². The van der Waals surface area contributed by atoms with Crippen LogP contribution in [0.5, 0.6) is 0 Å². The zero-order chi connectivity index (χ0) is 21.0. The third-order valence-corrected chi connectivity index (χ3v) is 4.17. The summed E-state index contributed by atoms with van der Waals surface area (Å²) in [6.07, 6.45) is 0.749. The molecule has 0 saturated heterocycles. The number of imidazole rings is 1. The highest BCUT2D eigenvalue weighted by Crippen LogP contribution is 2.14. The molecule has 152 valence electrons. The van der Waals surface area contributed by atoms with Crippen LogP contribution in [0, 0.1) is 11.6 Å². The largest absolute Gasteiger partial charge is 0.454 e. The van der Waals surface area contributed by atoms with Crippen molar-refractivity contribution in [1.82, 2.24) is 9.13 Å². The minimum Gasteiger partial charge on any atom is -0.454 e. The van der Waals surface area contributed by atoms with Crippen LogP contribution in [-0.4, -0.2) is 27.6 Å². The van der Waals surface area contributed by atoms with E-state index in [0.29, 0.717) is 23.6 Å². The number of carbonyl (C=O) groups is 2. The van der Waals surface area contributed by atoms with Gasteiger partial charge in [-0.15, -0.1) is 0 Å². The lowest BCUT2D eigenvalue weighted by Gasteiger charge is -2.07. The number of nitrogens with zero attached hydrogens (tertiary/aromatic N) is 2. The zero-order valence-corrected chi connectivity index (χ0v) is 15.7. The predicted molar refractivity (Wildman–Crippen MR) is 102 cm³/mol. The van der Waals surface area contributed by atoms with Gasteiger partial charge in [0.1, 0.15) is 18.2 Å². The molecule has 0 saturated carbocycles. The Morgan fingerprint density at radius 1 is 1.03 bits per heavy atom. The standard InChI is InChI=1S/C20H19F2N3O4/c1-2-7-24-16-5-3-4-6-17(16)25(20(24)28)11-19(27)29-12-18(26)23-15-9-13(21)8-14(22)10-15/h3-6,8-10H,2,7,11-12H2,1H3,(H,23,26). The first-order chi connectivity index (χ1) is 13.9. The molecule has 1 heterocycles. The van der Waals surface area contributed by atoms with Gasteiger partial charge in [-0.1, -0.05) is 19.1 Å². The number of halogens is 2. The number of amides is 1. The van der Waals surface area contributed by atoms with Crippen LogP contribution in [0.4, 0.5) is 14.5 Å². The maximum Gasteiger partial charge on any atom is 0.329 e. The highest BCUT2D eigenvalue weighted by molar-refractivity contribution is 5.92. The Balaban J connectivity index is 1.66. The summed E-state index contributed by atoms with van der Waals surface area (Å²) in [6, 6.07) is 9.61. The smallest absolute Gasteiger partial charge is 0.329 e. The van der Waals surface area contributed by atoms with E-state index in [9.17, 15) is 23.2 Å². The van der Waals surface area contributed by atoms with Crippen molar-refractivity contribution >= 4 is 28.6 Å². The molecule has 9 heteroatoms. The van der Waals surface area contributed by atoms with E-state index in [4.69, 9.17) is 4.74 Å². The Labute approximate surface area is 164 Å². The lowest BCUT2D eigenvalue weighted by molar-refractivity contribution is -0.147. The molecule has 0 spiro atoms. The molecule has 0 bridgehead atoms. The Hall–Kier alpha value is -3.49. The maximum atomic E-state index is 13.1. The molecule has 0 aliphatic heterocycles. The third kappa shape index (κ3) is 4.68. The molecule has 1 amide bonds. The highest BCUT2D eigenvalue weighted by atomic mass is 19.1. The van der Waals surface area contributed by atoms with Crippen LogP contribution in [0.15, 0.2) is 47.3 Å². The number of rotatable bonds is 7. The molecule has 2 aromatic carbocycles. The molecule has 7 nitrogen and oxygen atoms in total. The van der Waals surface area contributed by atoms with Gasteiger partial charge in [0.25, 0.3) is 5.91 Å². The van der Waals surface area contributed by atoms with Crippen LogP contribution in [0.3, 0.4) is 0 Å². The SMILES string of the molecule is CCCn1c(=O)n(CC(=O)OCC(=O)Nc2cc(F)cc(F)c2)c2ccccc21. The summed E-state index contributed by atoms with van der Waals surface area (Å²) in [5, 5.41) is 2.24. The average molecular weight is 403 g/mol. The van der Waals surface area contributed by atoms with Gasteiger partial charge in [-0.2, -0.15) is 0 Å². The van der Waals surface area contributed by atoms with Crippen molar-refractivity contribution in [2.45, 2.75) is 26.4 Å². The number of ether oxygens (including phenoxy) is 1. The van der Waals surface area contributed by atoms with Crippen molar-refractivity contribution in [3.05, 3.63) is 64.6 Å². The second-order valence-electron chi connectivity index (χ2n) is 6.38. The number of hydrogen-bond donors (Lipinski definition) is 1. The van der Waals surface area contributed by atoms with Gasteiger partial charge < -0.3 is 10.1 Å². The number of carbonyl (C=O) groups excluding carboxylic acids is 2. The van der Waals surface area contributed by atoms with Crippen LogP contribution in [-0.2, 0) is 27.4 Å². The van der Waals surface area contributed by atoms with Crippen LogP contribution in [0.1, 0.15) is 13.3 Å². The van der Waals surface area contributed by atoms with E-state index < -0.39 is 30.1 Å². The average Bonchev–Trinajstić information content (AvgIpc) is 2.92. The van der Waals surface area contributed by atoms with E-state index in [1.807, 2.05) is 6.92 Å². The van der Waals surface area contributed by atoms with Crippen molar-refractivity contribution in [2.75, 3.05) is 11.9 Å². The van der Waals surface area contributed by atoms with Gasteiger partial charge in [0.15, 0.2) is 6.61 Å². The summed E-state index contributed by atoms with van der Waals surface area (Å²) >= 11 is 0. The summed E-state index contributed by atoms with van der Waals surface area (Å²) in [6.45, 7) is 1.43. The summed E-state index contributed by atoms with van der Waals surface area (Å²) in [5.41, 5.74) is 0.854. The molecule has 3 rings (SSSR count). The van der Waals surface area contributed by atoms with Crippen LogP contribution in [0.2, 0.25) is 0 Å². The van der Waals surface area contributed by atoms with E-state index in [-0.39, 0.29) is 17.9 Å². The minimum absolute atomic E-state index is 0.0950. The molecule has 0 unspecified atom stereocenters. The van der Waals surface area contributed by atoms with E-state index in [0.717, 1.165) is 18.6 Å². The Bertz CT molecular complexity index is 1100. The fourth-order valence-corrected chi connectivity index (χ4v) is 3.01. The lowest BCUT2D eigenvalue weighted by atomic mass is 10.3. The number of para-hydroxylation sites is 2. The monoisotopic (exact) mass is 403 g/mol. The molecule has 29 heavy (non-hydrogen) atoms. The minimum atomic E-state index is -0.847. The van der Waals surface area contributed by atoms with E-state index >= 15 is 0 Å². The van der Waals surface area contributed by atoms with E-state index in [1.165, 1.54) is 4.57 Å². The molecule has 0 aliphatic rings. The molecule has 0 atom stereocenters. The number of nitrogens with one attached hydrogen (secondary N) is 1. The first kappa shape index (κ1) is 20.2. The fraction of sp³-hybridized carbons (Fsp3) is 0.250. The molecule has 3 aromatic rings. The Morgan fingerprint density at radius 2 is 1.66 bits per heavy atom. The van der Waals surface area contributed by atoms with Crippen molar-refractivity contribution in [2.24, 2.45) is 0 Å². The Morgan fingerprint density at radius 3 is 2.28 bits per heavy atom. The van der Waals surface area contributed by atoms with Gasteiger partial charge >= 0.3 is 11.7 Å². The van der Waals surface area contributed by atoms with Gasteiger partial charge in [-0.05, 0) is 30.7 Å². The van der Waals surface area contributed by atoms with Gasteiger partial charge in [0.05, 0.1) is 11.0 Å². The van der Waals surface area contributed by atoms with Crippen molar-refractivity contribution in [3.8, 4) is 0 Å². The third-order valence-electron chi connectivity index (χ3n) is 4.17. The number of hydrogen-bond acceptors (Lipinski definition) is 4. The van der Waals surface area contributed by atoms with Gasteiger partial charge in [0, 0.05) is 18.3 Å². The van der Waals surface area contributed by atoms with Crippen molar-refractivity contribution in [1.29, 1.82) is 0 Å². The number of aromatic nitrogens is 2. The predicted octanol–water partition coefficient (Wildman–Crippen LogP) is 2.67. The quantitative estimate of drug-likeness (QED) is 0.615. The van der Waals surface area contributed by atoms with E-state index in [1.54, 1.807) is 28.8 Å². The highest BCUT2D eigenvalue weighted by Gasteiger charge is 2.16. The number of benzene rings is 2. The summed E-state index contributed by atoms with van der Waals surface area (Å²) in [5.74, 6) is -3.24.